The molecular weight excluding hydrogens is 431 g/mol. The maximum Gasteiger partial charge on any atom is 0.421 e. The summed E-state index contributed by atoms with van der Waals surface area (Å²) in [7, 11) is 0. The summed E-state index contributed by atoms with van der Waals surface area (Å²) in [5, 5.41) is 14.4. The van der Waals surface area contributed by atoms with Crippen LogP contribution in [0.1, 0.15) is 43.7 Å². The van der Waals surface area contributed by atoms with Crippen molar-refractivity contribution in [3.05, 3.63) is 65.9 Å². The number of rotatable bonds is 10. The van der Waals surface area contributed by atoms with Crippen LogP contribution in [-0.4, -0.2) is 16.6 Å². The summed E-state index contributed by atoms with van der Waals surface area (Å²) >= 11 is 0. The minimum Gasteiger partial charge on any atom is -0.494 e. The fourth-order valence-corrected chi connectivity index (χ4v) is 2.99. The lowest BCUT2D eigenvalue weighted by molar-refractivity contribution is -0.137. The third-order valence-electron chi connectivity index (χ3n) is 4.75. The van der Waals surface area contributed by atoms with Crippen LogP contribution in [0.3, 0.4) is 0 Å². The zero-order chi connectivity index (χ0) is 23.7. The van der Waals surface area contributed by atoms with Crippen LogP contribution in [0.5, 0.6) is 5.75 Å². The average Bonchev–Trinajstić information content (AvgIpc) is 2.80. The molecule has 0 fully saturated rings. The van der Waals surface area contributed by atoms with Gasteiger partial charge < -0.3 is 15.4 Å². The maximum absolute atomic E-state index is 13.5. The van der Waals surface area contributed by atoms with Crippen molar-refractivity contribution >= 4 is 23.1 Å². The van der Waals surface area contributed by atoms with Crippen molar-refractivity contribution in [3.63, 3.8) is 0 Å². The van der Waals surface area contributed by atoms with Gasteiger partial charge in [0.25, 0.3) is 0 Å². The quantitative estimate of drug-likeness (QED) is 0.327. The minimum absolute atomic E-state index is 0.0118. The van der Waals surface area contributed by atoms with E-state index in [0.717, 1.165) is 31.9 Å². The summed E-state index contributed by atoms with van der Waals surface area (Å²) in [5.74, 6) is 0.267. The van der Waals surface area contributed by atoms with Crippen molar-refractivity contribution in [2.75, 3.05) is 17.2 Å². The second kappa shape index (κ2) is 11.2. The third-order valence-corrected chi connectivity index (χ3v) is 4.75. The number of benzene rings is 2. The van der Waals surface area contributed by atoms with E-state index in [4.69, 9.17) is 10.00 Å². The third kappa shape index (κ3) is 7.10. The standard InChI is InChI=1S/C24H24F3N5O/c1-2-3-4-5-14-33-20-12-10-18(11-13-20)30-22-21(24(25,26)27)16-29-23(32-22)31-19-8-6-17(15-28)7-9-19/h6-13,16H,2-5,14H2,1H3,(H2,29,30,31,32). The number of nitriles is 1. The summed E-state index contributed by atoms with van der Waals surface area (Å²) in [6.45, 7) is 2.74. The van der Waals surface area contributed by atoms with Gasteiger partial charge in [0.2, 0.25) is 5.95 Å². The zero-order valence-corrected chi connectivity index (χ0v) is 18.1. The summed E-state index contributed by atoms with van der Waals surface area (Å²) < 4.78 is 46.2. The van der Waals surface area contributed by atoms with Crippen LogP contribution in [0.2, 0.25) is 0 Å². The van der Waals surface area contributed by atoms with Gasteiger partial charge >= 0.3 is 6.18 Å². The fourth-order valence-electron chi connectivity index (χ4n) is 2.99. The first-order valence-electron chi connectivity index (χ1n) is 10.6. The van der Waals surface area contributed by atoms with Gasteiger partial charge in [-0.1, -0.05) is 26.2 Å². The highest BCUT2D eigenvalue weighted by Gasteiger charge is 2.35. The smallest absolute Gasteiger partial charge is 0.421 e. The number of hydrogen-bond donors (Lipinski definition) is 2. The Hall–Kier alpha value is -3.80. The Morgan fingerprint density at radius 3 is 2.24 bits per heavy atom. The van der Waals surface area contributed by atoms with E-state index in [1.54, 1.807) is 48.5 Å². The molecule has 0 spiro atoms. The molecule has 0 aliphatic rings. The highest BCUT2D eigenvalue weighted by molar-refractivity contribution is 5.63. The second-order valence-corrected chi connectivity index (χ2v) is 7.33. The van der Waals surface area contributed by atoms with E-state index in [1.807, 2.05) is 6.07 Å². The number of halogens is 3. The molecule has 3 aromatic rings. The van der Waals surface area contributed by atoms with E-state index in [0.29, 0.717) is 29.3 Å². The number of alkyl halides is 3. The highest BCUT2D eigenvalue weighted by atomic mass is 19.4. The summed E-state index contributed by atoms with van der Waals surface area (Å²) in [5.41, 5.74) is 0.454. The first-order chi connectivity index (χ1) is 15.9. The molecule has 0 saturated carbocycles. The van der Waals surface area contributed by atoms with Crippen molar-refractivity contribution in [1.82, 2.24) is 9.97 Å². The molecule has 0 atom stereocenters. The Morgan fingerprint density at radius 1 is 0.939 bits per heavy atom. The van der Waals surface area contributed by atoms with Crippen LogP contribution >= 0.6 is 0 Å². The Bertz CT molecular complexity index is 1080. The topological polar surface area (TPSA) is 82.9 Å². The number of aromatic nitrogens is 2. The van der Waals surface area contributed by atoms with Crippen LogP contribution in [0.15, 0.2) is 54.7 Å². The van der Waals surface area contributed by atoms with Crippen LogP contribution in [-0.2, 0) is 6.18 Å². The highest BCUT2D eigenvalue weighted by Crippen LogP contribution is 2.35. The minimum atomic E-state index is -4.63. The number of ether oxygens (including phenoxy) is 1. The van der Waals surface area contributed by atoms with Crippen LogP contribution in [0.25, 0.3) is 0 Å². The zero-order valence-electron chi connectivity index (χ0n) is 18.1. The van der Waals surface area contributed by atoms with Crippen LogP contribution in [0, 0.1) is 11.3 Å². The number of nitrogens with zero attached hydrogens (tertiary/aromatic N) is 3. The molecule has 33 heavy (non-hydrogen) atoms. The Kier molecular flexibility index (Phi) is 8.08. The molecule has 0 amide bonds. The van der Waals surface area contributed by atoms with Gasteiger partial charge in [0.15, 0.2) is 0 Å². The van der Waals surface area contributed by atoms with Crippen molar-refractivity contribution in [3.8, 4) is 11.8 Å². The Balaban J connectivity index is 1.73. The number of unbranched alkanes of at least 4 members (excludes halogenated alkanes) is 3. The number of anilines is 4. The summed E-state index contributed by atoms with van der Waals surface area (Å²) in [6.07, 6.45) is 0.469. The Labute approximate surface area is 190 Å². The van der Waals surface area contributed by atoms with E-state index < -0.39 is 11.7 Å². The molecule has 0 unspecified atom stereocenters. The van der Waals surface area contributed by atoms with E-state index in [-0.39, 0.29) is 11.8 Å². The van der Waals surface area contributed by atoms with Crippen molar-refractivity contribution in [2.24, 2.45) is 0 Å². The van der Waals surface area contributed by atoms with E-state index in [2.05, 4.69) is 27.5 Å². The van der Waals surface area contributed by atoms with Gasteiger partial charge in [-0.15, -0.1) is 0 Å². The predicted molar refractivity (Wildman–Crippen MR) is 121 cm³/mol. The molecule has 172 valence electrons. The lowest BCUT2D eigenvalue weighted by Crippen LogP contribution is -2.12. The maximum atomic E-state index is 13.5. The van der Waals surface area contributed by atoms with Gasteiger partial charge in [-0.05, 0) is 55.0 Å². The van der Waals surface area contributed by atoms with Gasteiger partial charge in [-0.2, -0.15) is 23.4 Å². The molecule has 0 radical (unpaired) electrons. The SMILES string of the molecule is CCCCCCOc1ccc(Nc2nc(Nc3ccc(C#N)cc3)ncc2C(F)(F)F)cc1. The van der Waals surface area contributed by atoms with Crippen LogP contribution in [0.4, 0.5) is 36.3 Å². The van der Waals surface area contributed by atoms with E-state index in [1.165, 1.54) is 0 Å². The second-order valence-electron chi connectivity index (χ2n) is 7.33. The molecule has 3 rings (SSSR count). The molecule has 1 aromatic heterocycles. The fraction of sp³-hybridized carbons (Fsp3) is 0.292. The average molecular weight is 455 g/mol. The van der Waals surface area contributed by atoms with Crippen molar-refractivity contribution in [2.45, 2.75) is 38.8 Å². The summed E-state index contributed by atoms with van der Waals surface area (Å²) in [6, 6.07) is 15.1. The first kappa shape index (κ1) is 23.9. The largest absolute Gasteiger partial charge is 0.494 e. The van der Waals surface area contributed by atoms with Crippen molar-refractivity contribution < 1.29 is 17.9 Å². The number of nitrogens with one attached hydrogen (secondary N) is 2. The van der Waals surface area contributed by atoms with E-state index in [9.17, 15) is 13.2 Å². The van der Waals surface area contributed by atoms with E-state index >= 15 is 0 Å². The molecule has 2 aromatic carbocycles. The van der Waals surface area contributed by atoms with Gasteiger partial charge in [-0.25, -0.2) is 4.98 Å². The molecule has 0 saturated heterocycles. The normalized spacial score (nSPS) is 11.0. The molecular formula is C24H24F3N5O. The predicted octanol–water partition coefficient (Wildman–Crippen LogP) is 6.81. The lowest BCUT2D eigenvalue weighted by atomic mass is 10.2. The molecule has 1 heterocycles. The lowest BCUT2D eigenvalue weighted by Gasteiger charge is -2.15. The van der Waals surface area contributed by atoms with Gasteiger partial charge in [0.1, 0.15) is 17.1 Å². The van der Waals surface area contributed by atoms with Crippen molar-refractivity contribution in [1.29, 1.82) is 5.26 Å². The number of hydrogen-bond acceptors (Lipinski definition) is 6. The molecule has 0 aliphatic carbocycles. The first-order valence-corrected chi connectivity index (χ1v) is 10.6. The molecule has 0 bridgehead atoms. The Morgan fingerprint density at radius 2 is 1.61 bits per heavy atom. The molecule has 2 N–H and O–H groups in total. The van der Waals surface area contributed by atoms with Crippen LogP contribution < -0.4 is 15.4 Å². The van der Waals surface area contributed by atoms with Gasteiger partial charge in [0, 0.05) is 17.6 Å². The van der Waals surface area contributed by atoms with Gasteiger partial charge in [0.05, 0.1) is 18.2 Å². The summed E-state index contributed by atoms with van der Waals surface area (Å²) in [4.78, 5) is 7.81. The molecule has 6 nitrogen and oxygen atoms in total. The van der Waals surface area contributed by atoms with Gasteiger partial charge in [-0.3, -0.25) is 0 Å². The molecule has 9 heteroatoms. The molecule has 0 aliphatic heterocycles. The monoisotopic (exact) mass is 455 g/mol.